The van der Waals surface area contributed by atoms with Gasteiger partial charge in [-0.2, -0.15) is 0 Å². The number of imide groups is 1. The fourth-order valence-corrected chi connectivity index (χ4v) is 6.24. The lowest BCUT2D eigenvalue weighted by atomic mass is 9.39. The molecule has 1 atom stereocenters. The molecule has 2 heterocycles. The SMILES string of the molecule is COc1cc(C(=O)NC23CC(C#Cc4cccc5c4CN(C4CCC(=O)NC4=O)C5=O)(C2)C3)ccc1[N+](=O)[O-]. The van der Waals surface area contributed by atoms with Crippen LogP contribution < -0.4 is 15.4 Å². The van der Waals surface area contributed by atoms with Gasteiger partial charge in [0.05, 0.1) is 12.0 Å². The van der Waals surface area contributed by atoms with Crippen LogP contribution in [-0.2, 0) is 16.1 Å². The van der Waals surface area contributed by atoms with Crippen molar-refractivity contribution >= 4 is 29.3 Å². The van der Waals surface area contributed by atoms with Crippen molar-refractivity contribution in [1.82, 2.24) is 15.5 Å². The van der Waals surface area contributed by atoms with Gasteiger partial charge >= 0.3 is 5.69 Å². The Morgan fingerprint density at radius 2 is 1.97 bits per heavy atom. The van der Waals surface area contributed by atoms with Crippen molar-refractivity contribution in [2.24, 2.45) is 5.41 Å². The van der Waals surface area contributed by atoms with Gasteiger partial charge in [0.15, 0.2) is 5.75 Å². The lowest BCUT2D eigenvalue weighted by Crippen LogP contribution is -2.74. The average Bonchev–Trinajstić information content (AvgIpc) is 3.20. The number of piperidine rings is 1. The predicted octanol–water partition coefficient (Wildman–Crippen LogP) is 2.07. The van der Waals surface area contributed by atoms with Crippen molar-refractivity contribution in [2.45, 2.75) is 50.2 Å². The molecule has 7 rings (SSSR count). The van der Waals surface area contributed by atoms with Crippen LogP contribution in [0.5, 0.6) is 5.75 Å². The highest BCUT2D eigenvalue weighted by Crippen LogP contribution is 2.67. The smallest absolute Gasteiger partial charge is 0.310 e. The number of carbonyl (C=O) groups is 4. The minimum absolute atomic E-state index is 0.0256. The third kappa shape index (κ3) is 4.00. The Hall–Kier alpha value is -4.72. The molecule has 39 heavy (non-hydrogen) atoms. The maximum atomic E-state index is 13.0. The number of nitrogens with one attached hydrogen (secondary N) is 2. The monoisotopic (exact) mass is 528 g/mol. The summed E-state index contributed by atoms with van der Waals surface area (Å²) in [5.41, 5.74) is 1.55. The Bertz CT molecular complexity index is 1530. The van der Waals surface area contributed by atoms with E-state index >= 15 is 0 Å². The van der Waals surface area contributed by atoms with E-state index in [9.17, 15) is 29.3 Å². The lowest BCUT2D eigenvalue weighted by Gasteiger charge is -2.68. The van der Waals surface area contributed by atoms with Crippen LogP contribution in [-0.4, -0.2) is 52.1 Å². The van der Waals surface area contributed by atoms with Gasteiger partial charge in [-0.15, -0.1) is 0 Å². The number of nitro groups is 1. The van der Waals surface area contributed by atoms with E-state index < -0.39 is 16.9 Å². The van der Waals surface area contributed by atoms with Crippen LogP contribution in [0.2, 0.25) is 0 Å². The Morgan fingerprint density at radius 3 is 2.67 bits per heavy atom. The van der Waals surface area contributed by atoms with Crippen molar-refractivity contribution in [1.29, 1.82) is 0 Å². The van der Waals surface area contributed by atoms with Gasteiger partial charge in [-0.1, -0.05) is 17.9 Å². The first-order valence-electron chi connectivity index (χ1n) is 12.6. The Morgan fingerprint density at radius 1 is 1.21 bits per heavy atom. The van der Waals surface area contributed by atoms with Crippen molar-refractivity contribution < 1.29 is 28.8 Å². The number of nitro benzene ring substituents is 1. The van der Waals surface area contributed by atoms with Gasteiger partial charge in [0.1, 0.15) is 6.04 Å². The first kappa shape index (κ1) is 24.6. The molecule has 2 bridgehead atoms. The molecular formula is C28H24N4O7. The molecule has 2 N–H and O–H groups in total. The summed E-state index contributed by atoms with van der Waals surface area (Å²) in [6, 6.07) is 8.71. The summed E-state index contributed by atoms with van der Waals surface area (Å²) in [6.07, 6.45) is 2.58. The normalized spacial score (nSPS) is 26.3. The summed E-state index contributed by atoms with van der Waals surface area (Å²) >= 11 is 0. The Labute approximate surface area is 223 Å². The van der Waals surface area contributed by atoms with E-state index in [2.05, 4.69) is 22.5 Å². The zero-order valence-electron chi connectivity index (χ0n) is 21.0. The molecule has 2 aliphatic heterocycles. The summed E-state index contributed by atoms with van der Waals surface area (Å²) in [5, 5.41) is 16.5. The van der Waals surface area contributed by atoms with Gasteiger partial charge in [-0.25, -0.2) is 0 Å². The van der Waals surface area contributed by atoms with Gasteiger partial charge in [0.2, 0.25) is 11.8 Å². The van der Waals surface area contributed by atoms with E-state index in [1.54, 1.807) is 12.1 Å². The van der Waals surface area contributed by atoms with Gasteiger partial charge in [0, 0.05) is 52.7 Å². The highest BCUT2D eigenvalue weighted by molar-refractivity contribution is 6.05. The maximum Gasteiger partial charge on any atom is 0.310 e. The second-order valence-corrected chi connectivity index (χ2v) is 10.7. The molecule has 1 saturated heterocycles. The van der Waals surface area contributed by atoms with Crippen molar-refractivity contribution in [3.8, 4) is 17.6 Å². The molecule has 11 heteroatoms. The number of carbonyl (C=O) groups excluding carboxylic acids is 4. The number of benzene rings is 2. The first-order valence-corrected chi connectivity index (χ1v) is 12.6. The number of fused-ring (bicyclic) bond motifs is 1. The van der Waals surface area contributed by atoms with E-state index in [1.807, 2.05) is 6.07 Å². The molecule has 4 fully saturated rings. The zero-order valence-corrected chi connectivity index (χ0v) is 21.0. The van der Waals surface area contributed by atoms with E-state index in [-0.39, 0.29) is 58.6 Å². The van der Waals surface area contributed by atoms with Crippen LogP contribution in [0.3, 0.4) is 0 Å². The zero-order chi connectivity index (χ0) is 27.5. The number of rotatable bonds is 5. The summed E-state index contributed by atoms with van der Waals surface area (Å²) in [4.78, 5) is 61.8. The van der Waals surface area contributed by atoms with Crippen LogP contribution in [0.1, 0.15) is 63.9 Å². The molecule has 0 spiro atoms. The molecule has 2 aromatic rings. The quantitative estimate of drug-likeness (QED) is 0.261. The van der Waals surface area contributed by atoms with E-state index in [1.165, 1.54) is 30.2 Å². The highest BCUT2D eigenvalue weighted by atomic mass is 16.6. The lowest BCUT2D eigenvalue weighted by molar-refractivity contribution is -0.385. The maximum absolute atomic E-state index is 13.0. The van der Waals surface area contributed by atoms with Crippen LogP contribution in [0.25, 0.3) is 0 Å². The predicted molar refractivity (Wildman–Crippen MR) is 135 cm³/mol. The largest absolute Gasteiger partial charge is 0.490 e. The number of methoxy groups -OCH3 is 1. The number of amides is 4. The first-order chi connectivity index (χ1) is 18.6. The van der Waals surface area contributed by atoms with E-state index in [0.29, 0.717) is 31.2 Å². The number of hydrogen-bond donors (Lipinski definition) is 2. The highest BCUT2D eigenvalue weighted by Gasteiger charge is 2.68. The molecule has 2 aromatic carbocycles. The summed E-state index contributed by atoms with van der Waals surface area (Å²) in [7, 11) is 1.32. The molecule has 11 nitrogen and oxygen atoms in total. The van der Waals surface area contributed by atoms with Crippen LogP contribution in [0.15, 0.2) is 36.4 Å². The minimum Gasteiger partial charge on any atom is -0.490 e. The van der Waals surface area contributed by atoms with Crippen molar-refractivity contribution in [3.63, 3.8) is 0 Å². The number of nitrogens with zero attached hydrogens (tertiary/aromatic N) is 2. The molecule has 4 amide bonds. The summed E-state index contributed by atoms with van der Waals surface area (Å²) < 4.78 is 5.06. The van der Waals surface area contributed by atoms with Crippen LogP contribution >= 0.6 is 0 Å². The molecular weight excluding hydrogens is 504 g/mol. The molecule has 5 aliphatic rings. The van der Waals surface area contributed by atoms with E-state index in [4.69, 9.17) is 4.74 Å². The molecule has 3 aliphatic carbocycles. The molecule has 198 valence electrons. The van der Waals surface area contributed by atoms with Crippen molar-refractivity contribution in [3.05, 3.63) is 68.8 Å². The molecule has 0 aromatic heterocycles. The molecule has 0 radical (unpaired) electrons. The summed E-state index contributed by atoms with van der Waals surface area (Å²) in [6.45, 7) is 0.261. The van der Waals surface area contributed by atoms with Gasteiger partial charge in [-0.3, -0.25) is 34.6 Å². The summed E-state index contributed by atoms with van der Waals surface area (Å²) in [5.74, 6) is 5.29. The standard InChI is InChI=1S/C28H24N4O7/c1-39-22-11-17(5-6-20(22)32(37)38)24(34)30-28-13-27(14-28,15-28)10-9-16-3-2-4-18-19(16)12-31(26(18)36)21-7-8-23(33)29-25(21)35/h2-6,11,21H,7-8,12-15H2,1H3,(H,30,34)(H,29,33,35). The Kier molecular flexibility index (Phi) is 5.46. The van der Waals surface area contributed by atoms with E-state index in [0.717, 1.165) is 11.1 Å². The van der Waals surface area contributed by atoms with Crippen LogP contribution in [0.4, 0.5) is 5.69 Å². The molecule has 1 unspecified atom stereocenters. The topological polar surface area (TPSA) is 148 Å². The van der Waals surface area contributed by atoms with Crippen molar-refractivity contribution in [2.75, 3.05) is 7.11 Å². The van der Waals surface area contributed by atoms with Gasteiger partial charge in [0.25, 0.3) is 11.8 Å². The molecule has 3 saturated carbocycles. The minimum atomic E-state index is -0.680. The number of hydrogen-bond acceptors (Lipinski definition) is 7. The third-order valence-electron chi connectivity index (χ3n) is 8.09. The Balaban J connectivity index is 1.12. The fraction of sp³-hybridized carbons (Fsp3) is 0.357. The van der Waals surface area contributed by atoms with Crippen LogP contribution in [0, 0.1) is 27.4 Å². The number of ether oxygens (including phenoxy) is 1. The third-order valence-corrected chi connectivity index (χ3v) is 8.09. The average molecular weight is 529 g/mol. The van der Waals surface area contributed by atoms with Gasteiger partial charge in [-0.05, 0) is 49.4 Å². The fourth-order valence-electron chi connectivity index (χ4n) is 6.24. The van der Waals surface area contributed by atoms with Gasteiger partial charge < -0.3 is 15.0 Å². The second-order valence-electron chi connectivity index (χ2n) is 10.7. The second kappa shape index (κ2) is 8.66.